The second-order valence-electron chi connectivity index (χ2n) is 4.65. The summed E-state index contributed by atoms with van der Waals surface area (Å²) in [6, 6.07) is 2.43. The van der Waals surface area contributed by atoms with Gasteiger partial charge in [-0.2, -0.15) is 0 Å². The number of nitrogens with zero attached hydrogens (tertiary/aromatic N) is 1. The third-order valence-corrected chi connectivity index (χ3v) is 4.58. The minimum atomic E-state index is -3.88. The van der Waals surface area contributed by atoms with Crippen LogP contribution in [-0.2, 0) is 10.0 Å². The number of nitrogens with one attached hydrogen (secondary N) is 1. The fraction of sp³-hybridized carbons (Fsp3) is 0.545. The number of nitrogens with two attached hydrogens (primary N) is 1. The molecule has 100 valence electrons. The highest BCUT2D eigenvalue weighted by Gasteiger charge is 2.42. The lowest BCUT2D eigenvalue weighted by molar-refractivity contribution is 0.458. The molecule has 0 aliphatic heterocycles. The molecule has 1 aromatic heterocycles. The molecule has 2 rings (SSSR count). The van der Waals surface area contributed by atoms with E-state index in [4.69, 9.17) is 5.73 Å². The quantitative estimate of drug-likeness (QED) is 0.796. The van der Waals surface area contributed by atoms with E-state index >= 15 is 0 Å². The Kier molecular flexibility index (Phi) is 3.65. The Hall–Kier alpha value is -1.05. The van der Waals surface area contributed by atoms with Gasteiger partial charge < -0.3 is 5.73 Å². The van der Waals surface area contributed by atoms with Gasteiger partial charge in [0.25, 0.3) is 10.0 Å². The van der Waals surface area contributed by atoms with E-state index in [2.05, 4.69) is 9.71 Å². The highest BCUT2D eigenvalue weighted by atomic mass is 32.2. The number of rotatable bonds is 6. The van der Waals surface area contributed by atoms with Crippen molar-refractivity contribution in [3.05, 3.63) is 24.1 Å². The van der Waals surface area contributed by atoms with Crippen molar-refractivity contribution in [2.45, 2.75) is 24.3 Å². The predicted molar refractivity (Wildman–Crippen MR) is 64.7 cm³/mol. The first-order valence-electron chi connectivity index (χ1n) is 5.79. The lowest BCUT2D eigenvalue weighted by Gasteiger charge is -2.14. The maximum absolute atomic E-state index is 13.4. The van der Waals surface area contributed by atoms with E-state index in [-0.39, 0.29) is 5.41 Å². The zero-order valence-corrected chi connectivity index (χ0v) is 10.7. The van der Waals surface area contributed by atoms with Crippen LogP contribution in [0, 0.1) is 11.2 Å². The topological polar surface area (TPSA) is 85.1 Å². The Morgan fingerprint density at radius 1 is 1.50 bits per heavy atom. The fourth-order valence-corrected chi connectivity index (χ4v) is 3.04. The first-order valence-corrected chi connectivity index (χ1v) is 7.28. The standard InChI is InChI=1S/C11H16FN3O2S/c12-9-2-1-7-14-10(9)18(16,17)15-8-11(3-4-11)5-6-13/h1-2,7,15H,3-6,8,13H2. The summed E-state index contributed by atoms with van der Waals surface area (Å²) >= 11 is 0. The summed E-state index contributed by atoms with van der Waals surface area (Å²) in [6.07, 6.45) is 3.94. The Bertz CT molecular complexity index is 529. The number of halogens is 1. The molecule has 1 aromatic rings. The first kappa shape index (κ1) is 13.4. The molecule has 1 fully saturated rings. The van der Waals surface area contributed by atoms with Crippen LogP contribution in [-0.4, -0.2) is 26.5 Å². The molecule has 0 spiro atoms. The number of pyridine rings is 1. The summed E-state index contributed by atoms with van der Waals surface area (Å²) in [5.74, 6) is -0.839. The van der Waals surface area contributed by atoms with Gasteiger partial charge >= 0.3 is 0 Å². The maximum Gasteiger partial charge on any atom is 0.261 e. The lowest BCUT2D eigenvalue weighted by atomic mass is 10.0. The third kappa shape index (κ3) is 2.85. The molecule has 1 heterocycles. The summed E-state index contributed by atoms with van der Waals surface area (Å²) in [5, 5.41) is -0.548. The molecule has 0 bridgehead atoms. The smallest absolute Gasteiger partial charge is 0.261 e. The third-order valence-electron chi connectivity index (χ3n) is 3.25. The van der Waals surface area contributed by atoms with Crippen molar-refractivity contribution >= 4 is 10.0 Å². The van der Waals surface area contributed by atoms with Gasteiger partial charge in [-0.1, -0.05) is 0 Å². The number of aromatic nitrogens is 1. The minimum absolute atomic E-state index is 0.0346. The number of hydrogen-bond donors (Lipinski definition) is 2. The Morgan fingerprint density at radius 3 is 2.78 bits per heavy atom. The highest BCUT2D eigenvalue weighted by Crippen LogP contribution is 2.47. The van der Waals surface area contributed by atoms with Crippen LogP contribution < -0.4 is 10.5 Å². The zero-order valence-electron chi connectivity index (χ0n) is 9.89. The highest BCUT2D eigenvalue weighted by molar-refractivity contribution is 7.89. The van der Waals surface area contributed by atoms with Crippen molar-refractivity contribution in [3.8, 4) is 0 Å². The molecule has 0 atom stereocenters. The molecular weight excluding hydrogens is 257 g/mol. The molecule has 5 nitrogen and oxygen atoms in total. The van der Waals surface area contributed by atoms with Crippen LogP contribution >= 0.6 is 0 Å². The van der Waals surface area contributed by atoms with Crippen LogP contribution in [0.4, 0.5) is 4.39 Å². The molecule has 1 aliphatic carbocycles. The van der Waals surface area contributed by atoms with Gasteiger partial charge in [-0.25, -0.2) is 22.5 Å². The molecule has 0 radical (unpaired) electrons. The summed E-state index contributed by atoms with van der Waals surface area (Å²) in [7, 11) is -3.88. The zero-order chi connectivity index (χ0) is 13.2. The van der Waals surface area contributed by atoms with E-state index in [9.17, 15) is 12.8 Å². The van der Waals surface area contributed by atoms with E-state index in [1.54, 1.807) is 0 Å². The molecule has 1 saturated carbocycles. The first-order chi connectivity index (χ1) is 8.49. The van der Waals surface area contributed by atoms with Crippen LogP contribution in [0.25, 0.3) is 0 Å². The van der Waals surface area contributed by atoms with Gasteiger partial charge in [-0.05, 0) is 43.4 Å². The van der Waals surface area contributed by atoms with Crippen molar-refractivity contribution in [2.75, 3.05) is 13.1 Å². The van der Waals surface area contributed by atoms with Gasteiger partial charge in [0.2, 0.25) is 5.03 Å². The van der Waals surface area contributed by atoms with Gasteiger partial charge in [-0.3, -0.25) is 0 Å². The van der Waals surface area contributed by atoms with Gasteiger partial charge in [0.15, 0.2) is 5.82 Å². The van der Waals surface area contributed by atoms with Crippen LogP contribution in [0.3, 0.4) is 0 Å². The average Bonchev–Trinajstić information content (AvgIpc) is 3.08. The Labute approximate surface area is 106 Å². The number of sulfonamides is 1. The SMILES string of the molecule is NCCC1(CNS(=O)(=O)c2ncccc2F)CC1. The van der Waals surface area contributed by atoms with Crippen LogP contribution in [0.2, 0.25) is 0 Å². The molecular formula is C11H16FN3O2S. The predicted octanol–water partition coefficient (Wildman–Crippen LogP) is 0.628. The fourth-order valence-electron chi connectivity index (χ4n) is 1.88. The van der Waals surface area contributed by atoms with E-state index in [1.807, 2.05) is 0 Å². The maximum atomic E-state index is 13.4. The summed E-state index contributed by atoms with van der Waals surface area (Å²) < 4.78 is 39.6. The summed E-state index contributed by atoms with van der Waals surface area (Å²) in [5.41, 5.74) is 5.44. The molecule has 18 heavy (non-hydrogen) atoms. The number of hydrogen-bond acceptors (Lipinski definition) is 4. The molecule has 0 unspecified atom stereocenters. The van der Waals surface area contributed by atoms with Gasteiger partial charge in [-0.15, -0.1) is 0 Å². The van der Waals surface area contributed by atoms with Gasteiger partial charge in [0, 0.05) is 12.7 Å². The van der Waals surface area contributed by atoms with Crippen molar-refractivity contribution in [3.63, 3.8) is 0 Å². The molecule has 0 aromatic carbocycles. The average molecular weight is 273 g/mol. The molecule has 3 N–H and O–H groups in total. The second-order valence-corrected chi connectivity index (χ2v) is 6.34. The Balaban J connectivity index is 2.07. The summed E-state index contributed by atoms with van der Waals surface area (Å²) in [4.78, 5) is 3.57. The Morgan fingerprint density at radius 2 is 2.22 bits per heavy atom. The van der Waals surface area contributed by atoms with Crippen molar-refractivity contribution in [1.29, 1.82) is 0 Å². The van der Waals surface area contributed by atoms with E-state index in [0.717, 1.165) is 25.3 Å². The second kappa shape index (κ2) is 4.91. The normalized spacial score (nSPS) is 17.7. The van der Waals surface area contributed by atoms with Crippen LogP contribution in [0.5, 0.6) is 0 Å². The molecule has 0 saturated heterocycles. The molecule has 0 amide bonds. The van der Waals surface area contributed by atoms with E-state index < -0.39 is 20.9 Å². The van der Waals surface area contributed by atoms with Crippen molar-refractivity contribution in [2.24, 2.45) is 11.1 Å². The van der Waals surface area contributed by atoms with Crippen molar-refractivity contribution < 1.29 is 12.8 Å². The van der Waals surface area contributed by atoms with Gasteiger partial charge in [0.05, 0.1) is 0 Å². The molecule has 7 heteroatoms. The van der Waals surface area contributed by atoms with Crippen LogP contribution in [0.15, 0.2) is 23.4 Å². The molecule has 1 aliphatic rings. The van der Waals surface area contributed by atoms with Crippen LogP contribution in [0.1, 0.15) is 19.3 Å². The van der Waals surface area contributed by atoms with Crippen molar-refractivity contribution in [1.82, 2.24) is 9.71 Å². The van der Waals surface area contributed by atoms with Gasteiger partial charge in [0.1, 0.15) is 0 Å². The minimum Gasteiger partial charge on any atom is -0.330 e. The lowest BCUT2D eigenvalue weighted by Crippen LogP contribution is -2.32. The summed E-state index contributed by atoms with van der Waals surface area (Å²) in [6.45, 7) is 0.822. The van der Waals surface area contributed by atoms with E-state index in [1.165, 1.54) is 12.3 Å². The van der Waals surface area contributed by atoms with E-state index in [0.29, 0.717) is 13.1 Å². The largest absolute Gasteiger partial charge is 0.330 e. The monoisotopic (exact) mass is 273 g/mol.